The number of esters is 1. The fourth-order valence-electron chi connectivity index (χ4n) is 4.20. The van der Waals surface area contributed by atoms with Crippen molar-refractivity contribution in [2.45, 2.75) is 30.9 Å². The molecule has 27 heavy (non-hydrogen) atoms. The second kappa shape index (κ2) is 7.06. The van der Waals surface area contributed by atoms with Gasteiger partial charge in [-0.2, -0.15) is 4.79 Å². The molecule has 0 amide bonds. The maximum absolute atomic E-state index is 13.4. The molecule has 138 valence electrons. The molecule has 2 aliphatic rings. The van der Waals surface area contributed by atoms with E-state index in [1.165, 1.54) is 12.1 Å². The summed E-state index contributed by atoms with van der Waals surface area (Å²) in [5.41, 5.74) is 9.67. The summed E-state index contributed by atoms with van der Waals surface area (Å²) in [6, 6.07) is 14.9. The Labute approximate surface area is 157 Å². The van der Waals surface area contributed by atoms with Gasteiger partial charge in [0.05, 0.1) is 11.6 Å². The zero-order valence-electron chi connectivity index (χ0n) is 14.8. The number of hydrogen-bond donors (Lipinski definition) is 0. The Morgan fingerprint density at radius 3 is 2.56 bits per heavy atom. The molecule has 0 radical (unpaired) electrons. The topological polar surface area (TPSA) is 65.9 Å². The van der Waals surface area contributed by atoms with Crippen molar-refractivity contribution >= 4 is 11.7 Å². The second-order valence-electron chi connectivity index (χ2n) is 7.08. The molecular weight excluding hydrogens is 345 g/mol. The van der Waals surface area contributed by atoms with E-state index < -0.39 is 11.6 Å². The zero-order chi connectivity index (χ0) is 18.9. The van der Waals surface area contributed by atoms with Gasteiger partial charge in [-0.15, -0.1) is 0 Å². The summed E-state index contributed by atoms with van der Waals surface area (Å²) < 4.78 is 19.4. The van der Waals surface area contributed by atoms with E-state index in [0.717, 1.165) is 31.4 Å². The van der Waals surface area contributed by atoms with E-state index in [9.17, 15) is 14.7 Å². The summed E-state index contributed by atoms with van der Waals surface area (Å²) in [6.07, 6.45) is 3.08. The first-order valence-corrected chi connectivity index (χ1v) is 9.15. The van der Waals surface area contributed by atoms with Crippen LogP contribution in [-0.2, 0) is 15.1 Å². The van der Waals surface area contributed by atoms with E-state index in [4.69, 9.17) is 4.74 Å². The Kier molecular flexibility index (Phi) is 4.60. The summed E-state index contributed by atoms with van der Waals surface area (Å²) in [5.74, 6) is -1.01. The number of piperidine rings is 1. The third-order valence-corrected chi connectivity index (χ3v) is 5.54. The van der Waals surface area contributed by atoms with Crippen molar-refractivity contribution < 1.29 is 18.7 Å². The number of carbonyl (C=O) groups is 1. The van der Waals surface area contributed by atoms with Crippen LogP contribution in [-0.4, -0.2) is 40.5 Å². The second-order valence-corrected chi connectivity index (χ2v) is 7.08. The van der Waals surface area contributed by atoms with Crippen molar-refractivity contribution in [1.29, 1.82) is 0 Å². The molecule has 0 spiro atoms. The third-order valence-electron chi connectivity index (χ3n) is 5.54. The van der Waals surface area contributed by atoms with Crippen LogP contribution in [0.25, 0.3) is 5.53 Å². The molecule has 0 saturated carbocycles. The first kappa shape index (κ1) is 17.6. The van der Waals surface area contributed by atoms with E-state index in [1.807, 2.05) is 6.07 Å². The average molecular weight is 365 g/mol. The predicted octanol–water partition coefficient (Wildman–Crippen LogP) is 3.15. The lowest BCUT2D eigenvalue weighted by molar-refractivity contribution is -0.207. The van der Waals surface area contributed by atoms with Crippen LogP contribution in [0.1, 0.15) is 30.4 Å². The highest BCUT2D eigenvalue weighted by Crippen LogP contribution is 2.46. The van der Waals surface area contributed by atoms with Crippen LogP contribution in [0.3, 0.4) is 0 Å². The van der Waals surface area contributed by atoms with Crippen LogP contribution in [0.2, 0.25) is 0 Å². The number of hydrogen-bond acceptors (Lipinski definition) is 3. The van der Waals surface area contributed by atoms with Crippen molar-refractivity contribution in [3.63, 3.8) is 0 Å². The molecule has 0 unspecified atom stereocenters. The molecule has 2 atom stereocenters. The molecule has 2 fully saturated rings. The fourth-order valence-corrected chi connectivity index (χ4v) is 4.20. The first-order chi connectivity index (χ1) is 13.1. The van der Waals surface area contributed by atoms with Gasteiger partial charge in [0.1, 0.15) is 5.82 Å². The maximum atomic E-state index is 13.4. The van der Waals surface area contributed by atoms with Crippen LogP contribution < -0.4 is 0 Å². The number of halogens is 1. The van der Waals surface area contributed by atoms with Gasteiger partial charge < -0.3 is 10.3 Å². The molecular formula is C21H20FN3O2. The van der Waals surface area contributed by atoms with Crippen molar-refractivity contribution in [2.24, 2.45) is 0 Å². The van der Waals surface area contributed by atoms with Crippen LogP contribution in [0, 0.1) is 5.82 Å². The Morgan fingerprint density at radius 1 is 1.15 bits per heavy atom. The molecule has 4 rings (SSSR count). The molecule has 5 nitrogen and oxygen atoms in total. The lowest BCUT2D eigenvalue weighted by atomic mass is 9.73. The van der Waals surface area contributed by atoms with Crippen molar-refractivity contribution in [2.75, 3.05) is 13.1 Å². The van der Waals surface area contributed by atoms with Gasteiger partial charge in [0.15, 0.2) is 5.60 Å². The van der Waals surface area contributed by atoms with Gasteiger partial charge in [0.2, 0.25) is 0 Å². The van der Waals surface area contributed by atoms with Crippen LogP contribution in [0.4, 0.5) is 4.39 Å². The quantitative estimate of drug-likeness (QED) is 0.362. The van der Waals surface area contributed by atoms with Crippen molar-refractivity contribution in [3.05, 3.63) is 77.1 Å². The first-order valence-electron chi connectivity index (χ1n) is 9.15. The van der Waals surface area contributed by atoms with Gasteiger partial charge in [-0.3, -0.25) is 4.90 Å². The minimum absolute atomic E-state index is 0.0522. The minimum atomic E-state index is -0.851. The minimum Gasteiger partial charge on any atom is -0.442 e. The lowest BCUT2D eigenvalue weighted by Gasteiger charge is -2.58. The predicted molar refractivity (Wildman–Crippen MR) is 97.6 cm³/mol. The van der Waals surface area contributed by atoms with Gasteiger partial charge >= 0.3 is 11.7 Å². The fraction of sp³-hybridized carbons (Fsp3) is 0.333. The van der Waals surface area contributed by atoms with Gasteiger partial charge in [0.25, 0.3) is 0 Å². The number of rotatable bonds is 4. The number of ether oxygens (including phenoxy) is 1. The van der Waals surface area contributed by atoms with E-state index in [2.05, 4.69) is 9.69 Å². The Morgan fingerprint density at radius 2 is 1.89 bits per heavy atom. The van der Waals surface area contributed by atoms with E-state index in [-0.39, 0.29) is 17.6 Å². The molecule has 2 aromatic rings. The monoisotopic (exact) mass is 365 g/mol. The highest BCUT2D eigenvalue weighted by molar-refractivity contribution is 6.40. The highest BCUT2D eigenvalue weighted by atomic mass is 19.1. The van der Waals surface area contributed by atoms with Gasteiger partial charge in [0, 0.05) is 6.54 Å². The molecule has 0 N–H and O–H groups in total. The largest absolute Gasteiger partial charge is 0.442 e. The molecule has 2 aliphatic heterocycles. The van der Waals surface area contributed by atoms with Crippen LogP contribution in [0.5, 0.6) is 0 Å². The third kappa shape index (κ3) is 3.07. The summed E-state index contributed by atoms with van der Waals surface area (Å²) in [5, 5.41) is 0. The van der Waals surface area contributed by atoms with Gasteiger partial charge in [-0.05, 0) is 49.2 Å². The number of carbonyl (C=O) groups excluding carboxylic acids is 1. The molecule has 6 heteroatoms. The molecule has 0 aromatic heterocycles. The SMILES string of the molecule is [N-]=[N+]=C(C(=O)O[C@]1(c2ccc(F)cc2)CN2CCCC[C@@H]21)c1ccccc1. The Bertz CT molecular complexity index is 893. The molecule has 2 saturated heterocycles. The zero-order valence-corrected chi connectivity index (χ0v) is 14.8. The summed E-state index contributed by atoms with van der Waals surface area (Å²) in [6.45, 7) is 1.52. The summed E-state index contributed by atoms with van der Waals surface area (Å²) >= 11 is 0. The number of nitrogens with zero attached hydrogens (tertiary/aromatic N) is 3. The van der Waals surface area contributed by atoms with E-state index in [1.54, 1.807) is 36.4 Å². The standard InChI is InChI=1S/C21H20FN3O2/c22-17-11-9-16(10-12-17)21(14-25-13-5-4-8-18(21)25)27-20(26)19(24-23)15-6-2-1-3-7-15/h1-3,6-7,9-12,18H,4-5,8,13-14H2/t18-,21+/m1/s1. The van der Waals surface area contributed by atoms with E-state index in [0.29, 0.717) is 12.1 Å². The molecule has 0 bridgehead atoms. The lowest BCUT2D eigenvalue weighted by Crippen LogP contribution is -2.70. The number of benzene rings is 2. The molecule has 2 aromatic carbocycles. The van der Waals surface area contributed by atoms with E-state index >= 15 is 0 Å². The Balaban J connectivity index is 1.67. The van der Waals surface area contributed by atoms with Crippen LogP contribution in [0.15, 0.2) is 54.6 Å². The smallest absolute Gasteiger partial charge is 0.423 e. The number of fused-ring (bicyclic) bond motifs is 1. The summed E-state index contributed by atoms with van der Waals surface area (Å²) in [4.78, 5) is 18.4. The summed E-state index contributed by atoms with van der Waals surface area (Å²) in [7, 11) is 0. The highest BCUT2D eigenvalue weighted by Gasteiger charge is 2.58. The van der Waals surface area contributed by atoms with Gasteiger partial charge in [-0.1, -0.05) is 36.8 Å². The normalized spacial score (nSPS) is 24.3. The van der Waals surface area contributed by atoms with Gasteiger partial charge in [-0.25, -0.2) is 9.18 Å². The molecule has 0 aliphatic carbocycles. The van der Waals surface area contributed by atoms with Crippen molar-refractivity contribution in [3.8, 4) is 0 Å². The average Bonchev–Trinajstić information content (AvgIpc) is 2.68. The Hall–Kier alpha value is -2.82. The van der Waals surface area contributed by atoms with Crippen molar-refractivity contribution in [1.82, 2.24) is 4.90 Å². The maximum Gasteiger partial charge on any atom is 0.423 e. The molecule has 2 heterocycles. The van der Waals surface area contributed by atoms with Crippen LogP contribution >= 0.6 is 0 Å².